The molecule has 0 radical (unpaired) electrons. The largest absolute Gasteiger partial charge is 0.348 e. The Morgan fingerprint density at radius 1 is 1.47 bits per heavy atom. The van der Waals surface area contributed by atoms with Crippen molar-refractivity contribution >= 4 is 22.9 Å². The minimum Gasteiger partial charge on any atom is -0.348 e. The zero-order valence-electron chi connectivity index (χ0n) is 8.40. The van der Waals surface area contributed by atoms with Gasteiger partial charge < -0.3 is 4.98 Å². The zero-order chi connectivity index (χ0) is 10.7. The van der Waals surface area contributed by atoms with E-state index in [1.807, 2.05) is 12.3 Å². The van der Waals surface area contributed by atoms with Crippen molar-refractivity contribution < 1.29 is 0 Å². The lowest BCUT2D eigenvalue weighted by atomic mass is 10.4. The van der Waals surface area contributed by atoms with Gasteiger partial charge >= 0.3 is 0 Å². The number of nitrogens with zero attached hydrogens (tertiary/aromatic N) is 2. The number of hydrogen-bond acceptors (Lipinski definition) is 3. The van der Waals surface area contributed by atoms with Crippen LogP contribution in [0.1, 0.15) is 10.7 Å². The summed E-state index contributed by atoms with van der Waals surface area (Å²) in [6.45, 7) is 1.72. The van der Waals surface area contributed by atoms with E-state index >= 15 is 0 Å². The quantitative estimate of drug-likeness (QED) is 0.893. The maximum Gasteiger partial charge on any atom is 0.120 e. The number of nitrogens with one attached hydrogen (secondary N) is 1. The van der Waals surface area contributed by atoms with Crippen molar-refractivity contribution in [1.82, 2.24) is 14.9 Å². The predicted octanol–water partition coefficient (Wildman–Crippen LogP) is 2.76. The molecule has 0 bridgehead atoms. The van der Waals surface area contributed by atoms with Gasteiger partial charge in [0.2, 0.25) is 0 Å². The van der Waals surface area contributed by atoms with Gasteiger partial charge in [-0.15, -0.1) is 11.3 Å². The molecule has 0 aromatic carbocycles. The van der Waals surface area contributed by atoms with Crippen molar-refractivity contribution in [2.45, 2.75) is 13.1 Å². The Labute approximate surface area is 97.7 Å². The van der Waals surface area contributed by atoms with Crippen molar-refractivity contribution in [3.05, 3.63) is 39.6 Å². The van der Waals surface area contributed by atoms with Gasteiger partial charge in [-0.1, -0.05) is 11.6 Å². The molecule has 0 aliphatic carbocycles. The molecule has 15 heavy (non-hydrogen) atoms. The molecule has 3 nitrogen and oxygen atoms in total. The Hall–Kier alpha value is -0.840. The molecule has 0 fully saturated rings. The molecule has 0 unspecified atom stereocenters. The van der Waals surface area contributed by atoms with Crippen molar-refractivity contribution in [2.75, 3.05) is 7.05 Å². The van der Waals surface area contributed by atoms with Crippen LogP contribution in [-0.2, 0) is 13.1 Å². The van der Waals surface area contributed by atoms with E-state index in [2.05, 4.69) is 28.0 Å². The third kappa shape index (κ3) is 3.06. The van der Waals surface area contributed by atoms with Crippen LogP contribution in [0.4, 0.5) is 0 Å². The third-order valence-corrected chi connectivity index (χ3v) is 3.25. The van der Waals surface area contributed by atoms with E-state index in [1.165, 1.54) is 4.88 Å². The minimum atomic E-state index is 0.822. The van der Waals surface area contributed by atoms with Gasteiger partial charge in [0.25, 0.3) is 0 Å². The summed E-state index contributed by atoms with van der Waals surface area (Å²) in [5.41, 5.74) is 0. The molecule has 2 aromatic rings. The summed E-state index contributed by atoms with van der Waals surface area (Å²) >= 11 is 7.49. The van der Waals surface area contributed by atoms with Gasteiger partial charge in [0.15, 0.2) is 0 Å². The van der Waals surface area contributed by atoms with E-state index in [9.17, 15) is 0 Å². The number of halogens is 1. The lowest BCUT2D eigenvalue weighted by Gasteiger charge is -2.13. The van der Waals surface area contributed by atoms with Gasteiger partial charge in [-0.25, -0.2) is 4.98 Å². The first-order chi connectivity index (χ1) is 7.24. The average Bonchev–Trinajstić information content (AvgIpc) is 2.77. The number of aromatic amines is 1. The summed E-state index contributed by atoms with van der Waals surface area (Å²) in [5, 5.41) is 0. The molecule has 0 aliphatic rings. The van der Waals surface area contributed by atoms with Gasteiger partial charge in [-0.05, 0) is 19.2 Å². The average molecular weight is 242 g/mol. The molecule has 0 saturated carbocycles. The van der Waals surface area contributed by atoms with Gasteiger partial charge in [0.1, 0.15) is 5.82 Å². The number of rotatable bonds is 4. The molecular weight excluding hydrogens is 230 g/mol. The lowest BCUT2D eigenvalue weighted by Crippen LogP contribution is -2.17. The van der Waals surface area contributed by atoms with Crippen LogP contribution in [0.5, 0.6) is 0 Å². The fourth-order valence-corrected chi connectivity index (χ4v) is 2.57. The smallest absolute Gasteiger partial charge is 0.120 e. The fraction of sp³-hybridized carbons (Fsp3) is 0.300. The second-order valence-corrected chi connectivity index (χ2v) is 5.21. The Balaban J connectivity index is 1.90. The Kier molecular flexibility index (Phi) is 3.41. The van der Waals surface area contributed by atoms with Crippen molar-refractivity contribution in [1.29, 1.82) is 0 Å². The van der Waals surface area contributed by atoms with E-state index in [4.69, 9.17) is 11.6 Å². The second-order valence-electron chi connectivity index (χ2n) is 3.41. The van der Waals surface area contributed by atoms with Crippen LogP contribution in [0, 0.1) is 0 Å². The Morgan fingerprint density at radius 3 is 2.93 bits per heavy atom. The number of aromatic nitrogens is 2. The molecular formula is C10H12ClN3S. The van der Waals surface area contributed by atoms with Crippen molar-refractivity contribution in [2.24, 2.45) is 0 Å². The molecule has 0 atom stereocenters. The molecule has 1 N–H and O–H groups in total. The Bertz CT molecular complexity index is 410. The van der Waals surface area contributed by atoms with Crippen LogP contribution in [-0.4, -0.2) is 21.9 Å². The highest BCUT2D eigenvalue weighted by Gasteiger charge is 2.04. The molecule has 2 aromatic heterocycles. The Morgan fingerprint density at radius 2 is 2.33 bits per heavy atom. The third-order valence-electron chi connectivity index (χ3n) is 2.03. The molecule has 0 saturated heterocycles. The fourth-order valence-electron chi connectivity index (χ4n) is 1.40. The molecule has 2 heterocycles. The van der Waals surface area contributed by atoms with Crippen molar-refractivity contribution in [3.63, 3.8) is 0 Å². The lowest BCUT2D eigenvalue weighted by molar-refractivity contribution is 0.314. The molecule has 0 amide bonds. The summed E-state index contributed by atoms with van der Waals surface area (Å²) in [6.07, 6.45) is 3.61. The van der Waals surface area contributed by atoms with Crippen LogP contribution in [0.15, 0.2) is 24.5 Å². The summed E-state index contributed by atoms with van der Waals surface area (Å²) in [6, 6.07) is 3.99. The van der Waals surface area contributed by atoms with E-state index < -0.39 is 0 Å². The number of H-pyrrole nitrogens is 1. The molecule has 80 valence electrons. The van der Waals surface area contributed by atoms with E-state index in [1.54, 1.807) is 17.5 Å². The minimum absolute atomic E-state index is 0.822. The SMILES string of the molecule is CN(Cc1ncc[nH]1)Cc1ccc(Cl)s1. The highest BCUT2D eigenvalue weighted by Crippen LogP contribution is 2.22. The highest BCUT2D eigenvalue weighted by atomic mass is 35.5. The first-order valence-electron chi connectivity index (χ1n) is 4.65. The number of hydrogen-bond donors (Lipinski definition) is 1. The van der Waals surface area contributed by atoms with Gasteiger partial charge in [0, 0.05) is 23.8 Å². The highest BCUT2D eigenvalue weighted by molar-refractivity contribution is 7.16. The van der Waals surface area contributed by atoms with Crippen LogP contribution >= 0.6 is 22.9 Å². The predicted molar refractivity (Wildman–Crippen MR) is 63.1 cm³/mol. The maximum atomic E-state index is 5.87. The monoisotopic (exact) mass is 241 g/mol. The number of thiophene rings is 1. The van der Waals surface area contributed by atoms with E-state index in [0.717, 1.165) is 23.3 Å². The first kappa shape index (κ1) is 10.7. The van der Waals surface area contributed by atoms with Gasteiger partial charge in [0.05, 0.1) is 10.9 Å². The van der Waals surface area contributed by atoms with Crippen LogP contribution < -0.4 is 0 Å². The maximum absolute atomic E-state index is 5.87. The number of imidazole rings is 1. The van der Waals surface area contributed by atoms with E-state index in [0.29, 0.717) is 0 Å². The summed E-state index contributed by atoms with van der Waals surface area (Å²) in [7, 11) is 2.07. The van der Waals surface area contributed by atoms with Crippen LogP contribution in [0.3, 0.4) is 0 Å². The molecule has 2 rings (SSSR count). The van der Waals surface area contributed by atoms with Crippen LogP contribution in [0.2, 0.25) is 4.34 Å². The van der Waals surface area contributed by atoms with E-state index in [-0.39, 0.29) is 0 Å². The van der Waals surface area contributed by atoms with Gasteiger partial charge in [-0.2, -0.15) is 0 Å². The summed E-state index contributed by atoms with van der Waals surface area (Å²) in [4.78, 5) is 10.7. The second kappa shape index (κ2) is 4.79. The molecule has 5 heteroatoms. The standard InChI is InChI=1S/C10H12ClN3S/c1-14(7-10-12-4-5-13-10)6-8-2-3-9(11)15-8/h2-5H,6-7H2,1H3,(H,12,13). The first-order valence-corrected chi connectivity index (χ1v) is 5.84. The summed E-state index contributed by atoms with van der Waals surface area (Å²) < 4.78 is 0.844. The summed E-state index contributed by atoms with van der Waals surface area (Å²) in [5.74, 6) is 0.986. The topological polar surface area (TPSA) is 31.9 Å². The zero-order valence-corrected chi connectivity index (χ0v) is 9.98. The molecule has 0 spiro atoms. The van der Waals surface area contributed by atoms with Crippen molar-refractivity contribution in [3.8, 4) is 0 Å². The van der Waals surface area contributed by atoms with Crippen LogP contribution in [0.25, 0.3) is 0 Å². The molecule has 0 aliphatic heterocycles. The normalized spacial score (nSPS) is 11.1. The van der Waals surface area contributed by atoms with Gasteiger partial charge in [-0.3, -0.25) is 4.90 Å².